The predicted molar refractivity (Wildman–Crippen MR) is 74.8 cm³/mol. The van der Waals surface area contributed by atoms with Crippen LogP contribution in [0.15, 0.2) is 12.4 Å². The maximum absolute atomic E-state index is 12.1. The maximum atomic E-state index is 12.1. The first-order valence-corrected chi connectivity index (χ1v) is 6.22. The normalized spacial score (nSPS) is 17.9. The van der Waals surface area contributed by atoms with E-state index in [1.54, 1.807) is 0 Å². The Labute approximate surface area is 122 Å². The molecule has 0 saturated carbocycles. The highest BCUT2D eigenvalue weighted by Crippen LogP contribution is 2.17. The lowest BCUT2D eigenvalue weighted by molar-refractivity contribution is -0.385. The minimum Gasteiger partial charge on any atom is -0.337 e. The largest absolute Gasteiger partial charge is 0.337 e. The average Bonchev–Trinajstić information content (AvgIpc) is 2.98. The molecule has 1 unspecified atom stereocenters. The van der Waals surface area contributed by atoms with Crippen molar-refractivity contribution in [3.63, 3.8) is 0 Å². The summed E-state index contributed by atoms with van der Waals surface area (Å²) in [5.74, 6) is -0.0456. The van der Waals surface area contributed by atoms with Gasteiger partial charge in [-0.3, -0.25) is 19.6 Å². The minimum absolute atomic E-state index is 0. The molecule has 1 amide bonds. The number of nitrogens with one attached hydrogen (secondary N) is 1. The van der Waals surface area contributed by atoms with Crippen molar-refractivity contribution in [2.45, 2.75) is 25.4 Å². The van der Waals surface area contributed by atoms with Gasteiger partial charge in [0.2, 0.25) is 5.91 Å². The molecular weight excluding hydrogens is 286 g/mol. The number of carbonyl (C=O) groups is 1. The van der Waals surface area contributed by atoms with Crippen LogP contribution in [-0.2, 0) is 11.3 Å². The van der Waals surface area contributed by atoms with Crippen LogP contribution in [0.2, 0.25) is 0 Å². The van der Waals surface area contributed by atoms with E-state index < -0.39 is 4.92 Å². The van der Waals surface area contributed by atoms with E-state index in [0.29, 0.717) is 0 Å². The van der Waals surface area contributed by atoms with Gasteiger partial charge in [-0.05, 0) is 19.9 Å². The van der Waals surface area contributed by atoms with Gasteiger partial charge >= 0.3 is 5.69 Å². The third kappa shape index (κ3) is 3.67. The number of carbonyl (C=O) groups excluding carboxylic acids is 1. The Morgan fingerprint density at radius 1 is 1.65 bits per heavy atom. The van der Waals surface area contributed by atoms with Gasteiger partial charge in [0.1, 0.15) is 18.9 Å². The van der Waals surface area contributed by atoms with E-state index in [4.69, 9.17) is 0 Å². The lowest BCUT2D eigenvalue weighted by Crippen LogP contribution is -2.42. The molecule has 2 rings (SSSR count). The van der Waals surface area contributed by atoms with Gasteiger partial charge in [-0.2, -0.15) is 5.10 Å². The molecule has 1 N–H and O–H groups in total. The molecule has 1 aromatic heterocycles. The molecule has 0 radical (unpaired) electrons. The lowest BCUT2D eigenvalue weighted by atomic mass is 10.2. The third-order valence-electron chi connectivity index (χ3n) is 3.26. The van der Waals surface area contributed by atoms with Crippen LogP contribution in [0.3, 0.4) is 0 Å². The van der Waals surface area contributed by atoms with E-state index in [1.807, 2.05) is 11.9 Å². The Bertz CT molecular complexity index is 478. The molecule has 0 aromatic carbocycles. The van der Waals surface area contributed by atoms with Crippen molar-refractivity contribution in [3.8, 4) is 0 Å². The van der Waals surface area contributed by atoms with Gasteiger partial charge in [-0.25, -0.2) is 0 Å². The second kappa shape index (κ2) is 7.20. The molecule has 1 aliphatic heterocycles. The summed E-state index contributed by atoms with van der Waals surface area (Å²) in [4.78, 5) is 24.0. The van der Waals surface area contributed by atoms with E-state index in [9.17, 15) is 14.9 Å². The Hall–Kier alpha value is -1.67. The van der Waals surface area contributed by atoms with Crippen molar-refractivity contribution in [1.82, 2.24) is 20.0 Å². The van der Waals surface area contributed by atoms with Gasteiger partial charge in [0.15, 0.2) is 0 Å². The van der Waals surface area contributed by atoms with Crippen LogP contribution in [0.25, 0.3) is 0 Å². The fraction of sp³-hybridized carbons (Fsp3) is 0.636. The van der Waals surface area contributed by atoms with Crippen molar-refractivity contribution in [2.75, 3.05) is 20.1 Å². The molecule has 8 nitrogen and oxygen atoms in total. The zero-order valence-corrected chi connectivity index (χ0v) is 12.0. The third-order valence-corrected chi connectivity index (χ3v) is 3.26. The number of nitro groups is 1. The minimum atomic E-state index is -0.520. The second-order valence-corrected chi connectivity index (χ2v) is 4.59. The van der Waals surface area contributed by atoms with E-state index in [0.717, 1.165) is 32.1 Å². The first-order chi connectivity index (χ1) is 9.11. The quantitative estimate of drug-likeness (QED) is 0.628. The van der Waals surface area contributed by atoms with E-state index in [2.05, 4.69) is 10.4 Å². The van der Waals surface area contributed by atoms with E-state index >= 15 is 0 Å². The number of likely N-dealkylation sites (tertiary alicyclic amines) is 1. The van der Waals surface area contributed by atoms with Crippen molar-refractivity contribution < 1.29 is 9.72 Å². The van der Waals surface area contributed by atoms with Gasteiger partial charge in [0.05, 0.1) is 4.92 Å². The Morgan fingerprint density at radius 2 is 2.40 bits per heavy atom. The molecule has 1 aliphatic rings. The number of nitrogens with zero attached hydrogens (tertiary/aromatic N) is 4. The number of likely N-dealkylation sites (N-methyl/N-ethyl adjacent to an activating group) is 1. The first kappa shape index (κ1) is 16.4. The molecule has 1 aromatic rings. The number of amides is 1. The Kier molecular flexibility index (Phi) is 5.90. The van der Waals surface area contributed by atoms with E-state index in [1.165, 1.54) is 10.9 Å². The molecule has 2 heterocycles. The highest BCUT2D eigenvalue weighted by molar-refractivity contribution is 5.85. The summed E-state index contributed by atoms with van der Waals surface area (Å²) >= 11 is 0. The first-order valence-electron chi connectivity index (χ1n) is 6.22. The van der Waals surface area contributed by atoms with Crippen molar-refractivity contribution in [1.29, 1.82) is 0 Å². The van der Waals surface area contributed by atoms with Crippen molar-refractivity contribution in [3.05, 3.63) is 22.5 Å². The van der Waals surface area contributed by atoms with Crippen LogP contribution in [0, 0.1) is 10.1 Å². The molecule has 1 atom stereocenters. The van der Waals surface area contributed by atoms with Gasteiger partial charge in [-0.1, -0.05) is 0 Å². The molecule has 112 valence electrons. The van der Waals surface area contributed by atoms with Crippen LogP contribution in [-0.4, -0.2) is 51.7 Å². The van der Waals surface area contributed by atoms with Crippen LogP contribution in [0.1, 0.15) is 12.8 Å². The van der Waals surface area contributed by atoms with Gasteiger partial charge in [0.25, 0.3) is 0 Å². The smallest absolute Gasteiger partial charge is 0.307 e. The fourth-order valence-corrected chi connectivity index (χ4v) is 2.37. The summed E-state index contributed by atoms with van der Waals surface area (Å²) in [6, 6.07) is 0.211. The molecule has 0 aliphatic carbocycles. The molecule has 1 saturated heterocycles. The monoisotopic (exact) mass is 303 g/mol. The molecule has 1 fully saturated rings. The zero-order chi connectivity index (χ0) is 13.8. The van der Waals surface area contributed by atoms with Crippen LogP contribution >= 0.6 is 12.4 Å². The topological polar surface area (TPSA) is 93.3 Å². The molecule has 20 heavy (non-hydrogen) atoms. The number of rotatable bonds is 5. The predicted octanol–water partition coefficient (Wildman–Crippen LogP) is 0.424. The fourth-order valence-electron chi connectivity index (χ4n) is 2.37. The second-order valence-electron chi connectivity index (χ2n) is 4.59. The zero-order valence-electron chi connectivity index (χ0n) is 11.2. The summed E-state index contributed by atoms with van der Waals surface area (Å²) in [6.45, 7) is 1.56. The van der Waals surface area contributed by atoms with Gasteiger partial charge in [0, 0.05) is 19.1 Å². The standard InChI is InChI=1S/C11H17N5O3.ClH/c1-12-5-9-3-2-4-15(9)11(17)8-14-7-10(6-13-14)16(18)19;/h6-7,9,12H,2-5,8H2,1H3;1H. The van der Waals surface area contributed by atoms with Gasteiger partial charge < -0.3 is 10.2 Å². The van der Waals surface area contributed by atoms with Crippen LogP contribution < -0.4 is 5.32 Å². The summed E-state index contributed by atoms with van der Waals surface area (Å²) in [5.41, 5.74) is -0.0963. The number of halogens is 1. The summed E-state index contributed by atoms with van der Waals surface area (Å²) in [7, 11) is 1.86. The van der Waals surface area contributed by atoms with Crippen LogP contribution in [0.4, 0.5) is 5.69 Å². The maximum Gasteiger partial charge on any atom is 0.307 e. The Balaban J connectivity index is 0.00000200. The van der Waals surface area contributed by atoms with E-state index in [-0.39, 0.29) is 36.6 Å². The molecular formula is C11H18ClN5O3. The number of hydrogen-bond acceptors (Lipinski definition) is 5. The summed E-state index contributed by atoms with van der Waals surface area (Å²) in [5, 5.41) is 17.4. The van der Waals surface area contributed by atoms with Crippen LogP contribution in [0.5, 0.6) is 0 Å². The highest BCUT2D eigenvalue weighted by atomic mass is 35.5. The highest BCUT2D eigenvalue weighted by Gasteiger charge is 2.28. The lowest BCUT2D eigenvalue weighted by Gasteiger charge is -2.24. The summed E-state index contributed by atoms with van der Waals surface area (Å²) in [6.07, 6.45) is 4.42. The average molecular weight is 304 g/mol. The van der Waals surface area contributed by atoms with Gasteiger partial charge in [-0.15, -0.1) is 12.4 Å². The van der Waals surface area contributed by atoms with Crippen molar-refractivity contribution in [2.24, 2.45) is 0 Å². The van der Waals surface area contributed by atoms with Crippen molar-refractivity contribution >= 4 is 24.0 Å². The number of aromatic nitrogens is 2. The summed E-state index contributed by atoms with van der Waals surface area (Å²) < 4.78 is 1.31. The molecule has 0 bridgehead atoms. The number of hydrogen-bond donors (Lipinski definition) is 1. The Morgan fingerprint density at radius 3 is 3.00 bits per heavy atom. The molecule has 0 spiro atoms. The SMILES string of the molecule is CNCC1CCCN1C(=O)Cn1cc([N+](=O)[O-])cn1.Cl. The molecule has 9 heteroatoms.